The van der Waals surface area contributed by atoms with E-state index in [1.807, 2.05) is 12.1 Å². The topological polar surface area (TPSA) is 93.5 Å². The van der Waals surface area contributed by atoms with Crippen molar-refractivity contribution in [3.05, 3.63) is 53.6 Å². The lowest BCUT2D eigenvalue weighted by atomic mass is 9.87. The third-order valence-corrected chi connectivity index (χ3v) is 4.16. The first-order chi connectivity index (χ1) is 12.7. The minimum Gasteiger partial charge on any atom is -0.495 e. The van der Waals surface area contributed by atoms with Crippen LogP contribution in [0.25, 0.3) is 0 Å². The predicted molar refractivity (Wildman–Crippen MR) is 108 cm³/mol. The highest BCUT2D eigenvalue weighted by molar-refractivity contribution is 5.95. The Bertz CT molecular complexity index is 808. The van der Waals surface area contributed by atoms with E-state index in [-0.39, 0.29) is 30.2 Å². The Morgan fingerprint density at radius 1 is 1.07 bits per heavy atom. The van der Waals surface area contributed by atoms with Crippen molar-refractivity contribution in [2.45, 2.75) is 32.6 Å². The van der Waals surface area contributed by atoms with E-state index in [2.05, 4.69) is 31.4 Å². The summed E-state index contributed by atoms with van der Waals surface area (Å²) in [7, 11) is 1.53. The van der Waals surface area contributed by atoms with Crippen LogP contribution in [0.1, 0.15) is 43.1 Å². The highest BCUT2D eigenvalue weighted by atomic mass is 16.5. The number of rotatable bonds is 6. The van der Waals surface area contributed by atoms with Gasteiger partial charge in [-0.25, -0.2) is 0 Å². The Hall–Kier alpha value is -3.02. The van der Waals surface area contributed by atoms with Gasteiger partial charge in [-0.15, -0.1) is 0 Å². The number of nitrogens with one attached hydrogen (secondary N) is 2. The number of nitrogens with two attached hydrogens (primary N) is 1. The number of amides is 2. The molecule has 0 unspecified atom stereocenters. The van der Waals surface area contributed by atoms with Gasteiger partial charge >= 0.3 is 0 Å². The summed E-state index contributed by atoms with van der Waals surface area (Å²) < 4.78 is 5.08. The second kappa shape index (κ2) is 8.58. The van der Waals surface area contributed by atoms with Crippen molar-refractivity contribution in [2.75, 3.05) is 24.7 Å². The van der Waals surface area contributed by atoms with Crippen molar-refractivity contribution in [1.82, 2.24) is 5.32 Å². The summed E-state index contributed by atoms with van der Waals surface area (Å²) in [4.78, 5) is 24.2. The molecule has 0 spiro atoms. The Labute approximate surface area is 160 Å². The maximum Gasteiger partial charge on any atom is 0.251 e. The van der Waals surface area contributed by atoms with Gasteiger partial charge in [-0.05, 0) is 41.3 Å². The lowest BCUT2D eigenvalue weighted by molar-refractivity contribution is -0.116. The summed E-state index contributed by atoms with van der Waals surface area (Å²) >= 11 is 0. The van der Waals surface area contributed by atoms with Crippen molar-refractivity contribution in [2.24, 2.45) is 0 Å². The molecule has 4 N–H and O–H groups in total. The van der Waals surface area contributed by atoms with Crippen LogP contribution in [0.3, 0.4) is 0 Å². The molecule has 0 atom stereocenters. The minimum atomic E-state index is -0.206. The fourth-order valence-corrected chi connectivity index (χ4v) is 2.55. The average molecular weight is 369 g/mol. The largest absolute Gasteiger partial charge is 0.495 e. The van der Waals surface area contributed by atoms with Gasteiger partial charge < -0.3 is 21.1 Å². The molecular weight excluding hydrogens is 342 g/mol. The molecule has 2 amide bonds. The zero-order valence-electron chi connectivity index (χ0n) is 16.3. The van der Waals surface area contributed by atoms with E-state index in [1.165, 1.54) is 7.11 Å². The second-order valence-electron chi connectivity index (χ2n) is 7.34. The molecule has 27 heavy (non-hydrogen) atoms. The molecule has 0 bridgehead atoms. The summed E-state index contributed by atoms with van der Waals surface area (Å²) in [5, 5.41) is 5.50. The van der Waals surface area contributed by atoms with Crippen LogP contribution in [0.2, 0.25) is 0 Å². The lowest BCUT2D eigenvalue weighted by Crippen LogP contribution is -2.27. The van der Waals surface area contributed by atoms with E-state index in [9.17, 15) is 9.59 Å². The maximum atomic E-state index is 12.2. The number of nitrogen functional groups attached to an aromatic ring is 1. The molecule has 6 heteroatoms. The van der Waals surface area contributed by atoms with Crippen LogP contribution >= 0.6 is 0 Å². The molecule has 0 fully saturated rings. The molecule has 0 aromatic heterocycles. The molecule has 2 rings (SSSR count). The first kappa shape index (κ1) is 20.3. The third-order valence-electron chi connectivity index (χ3n) is 4.16. The number of benzene rings is 2. The van der Waals surface area contributed by atoms with Crippen LogP contribution in [0.4, 0.5) is 11.4 Å². The molecule has 0 heterocycles. The Morgan fingerprint density at radius 2 is 1.74 bits per heavy atom. The zero-order valence-corrected chi connectivity index (χ0v) is 16.3. The first-order valence-corrected chi connectivity index (χ1v) is 8.83. The van der Waals surface area contributed by atoms with Crippen LogP contribution < -0.4 is 21.1 Å². The number of methoxy groups -OCH3 is 1. The Morgan fingerprint density at radius 3 is 2.30 bits per heavy atom. The van der Waals surface area contributed by atoms with Gasteiger partial charge in [0, 0.05) is 24.2 Å². The fourth-order valence-electron chi connectivity index (χ4n) is 2.55. The summed E-state index contributed by atoms with van der Waals surface area (Å²) in [5.74, 6) is 0.151. The SMILES string of the molecule is COc1ccc(NC(=O)CCNC(=O)c2ccc(C(C)(C)C)cc2)cc1N. The van der Waals surface area contributed by atoms with Crippen LogP contribution in [0, 0.1) is 0 Å². The van der Waals surface area contributed by atoms with Crippen LogP contribution in [0.5, 0.6) is 5.75 Å². The van der Waals surface area contributed by atoms with E-state index in [1.54, 1.807) is 30.3 Å². The highest BCUT2D eigenvalue weighted by Gasteiger charge is 2.14. The van der Waals surface area contributed by atoms with E-state index < -0.39 is 0 Å². The molecule has 0 radical (unpaired) electrons. The fraction of sp³-hybridized carbons (Fsp3) is 0.333. The van der Waals surface area contributed by atoms with Crippen molar-refractivity contribution >= 4 is 23.2 Å². The summed E-state index contributed by atoms with van der Waals surface area (Å²) in [5.41, 5.74) is 8.63. The lowest BCUT2D eigenvalue weighted by Gasteiger charge is -2.19. The van der Waals surface area contributed by atoms with E-state index in [0.717, 1.165) is 5.56 Å². The number of hydrogen-bond acceptors (Lipinski definition) is 4. The standard InChI is InChI=1S/C21H27N3O3/c1-21(2,3)15-7-5-14(6-8-15)20(26)23-12-11-19(25)24-16-9-10-18(27-4)17(22)13-16/h5-10,13H,11-12,22H2,1-4H3,(H,23,26)(H,24,25). The normalized spacial score (nSPS) is 11.0. The van der Waals surface area contributed by atoms with Crippen LogP contribution in [-0.2, 0) is 10.2 Å². The summed E-state index contributed by atoms with van der Waals surface area (Å²) in [6.45, 7) is 6.61. The predicted octanol–water partition coefficient (Wildman–Crippen LogP) is 3.33. The van der Waals surface area contributed by atoms with Crippen LogP contribution in [0.15, 0.2) is 42.5 Å². The monoisotopic (exact) mass is 369 g/mol. The van der Waals surface area contributed by atoms with Crippen molar-refractivity contribution < 1.29 is 14.3 Å². The van der Waals surface area contributed by atoms with E-state index in [4.69, 9.17) is 10.5 Å². The quantitative estimate of drug-likeness (QED) is 0.681. The van der Waals surface area contributed by atoms with Gasteiger partial charge in [0.2, 0.25) is 5.91 Å². The van der Waals surface area contributed by atoms with Gasteiger partial charge in [0.1, 0.15) is 5.75 Å². The number of carbonyl (C=O) groups is 2. The molecule has 0 aliphatic rings. The van der Waals surface area contributed by atoms with Gasteiger partial charge in [0.05, 0.1) is 12.8 Å². The number of carbonyl (C=O) groups excluding carboxylic acids is 2. The van der Waals surface area contributed by atoms with Crippen molar-refractivity contribution in [1.29, 1.82) is 0 Å². The molecule has 144 valence electrons. The molecule has 6 nitrogen and oxygen atoms in total. The average Bonchev–Trinajstić information content (AvgIpc) is 2.61. The van der Waals surface area contributed by atoms with Gasteiger partial charge in [-0.1, -0.05) is 32.9 Å². The smallest absolute Gasteiger partial charge is 0.251 e. The maximum absolute atomic E-state index is 12.2. The first-order valence-electron chi connectivity index (χ1n) is 8.83. The van der Waals surface area contributed by atoms with E-state index in [0.29, 0.717) is 22.7 Å². The highest BCUT2D eigenvalue weighted by Crippen LogP contribution is 2.24. The Kier molecular flexibility index (Phi) is 6.45. The zero-order chi connectivity index (χ0) is 20.0. The number of hydrogen-bond donors (Lipinski definition) is 3. The molecule has 0 saturated carbocycles. The van der Waals surface area contributed by atoms with Gasteiger partial charge in [0.15, 0.2) is 0 Å². The molecule has 2 aromatic rings. The molecule has 0 saturated heterocycles. The third kappa shape index (κ3) is 5.74. The molecule has 2 aromatic carbocycles. The molecular formula is C21H27N3O3. The van der Waals surface area contributed by atoms with Crippen molar-refractivity contribution in [3.8, 4) is 5.75 Å². The second-order valence-corrected chi connectivity index (χ2v) is 7.34. The van der Waals surface area contributed by atoms with Crippen LogP contribution in [-0.4, -0.2) is 25.5 Å². The summed E-state index contributed by atoms with van der Waals surface area (Å²) in [6, 6.07) is 12.5. The number of anilines is 2. The number of ether oxygens (including phenoxy) is 1. The van der Waals surface area contributed by atoms with Crippen molar-refractivity contribution in [3.63, 3.8) is 0 Å². The molecule has 0 aliphatic heterocycles. The van der Waals surface area contributed by atoms with Gasteiger partial charge in [-0.2, -0.15) is 0 Å². The van der Waals surface area contributed by atoms with Gasteiger partial charge in [-0.3, -0.25) is 9.59 Å². The summed E-state index contributed by atoms with van der Waals surface area (Å²) in [6.07, 6.45) is 0.164. The minimum absolute atomic E-state index is 0.0396. The van der Waals surface area contributed by atoms with E-state index >= 15 is 0 Å². The molecule has 0 aliphatic carbocycles. The van der Waals surface area contributed by atoms with Gasteiger partial charge in [0.25, 0.3) is 5.91 Å². The Balaban J connectivity index is 1.82.